The van der Waals surface area contributed by atoms with Crippen LogP contribution >= 0.6 is 15.9 Å². The van der Waals surface area contributed by atoms with E-state index in [0.717, 1.165) is 21.2 Å². The molecule has 2 amide bonds. The van der Waals surface area contributed by atoms with Gasteiger partial charge in [-0.25, -0.2) is 0 Å². The van der Waals surface area contributed by atoms with Crippen molar-refractivity contribution in [3.63, 3.8) is 0 Å². The summed E-state index contributed by atoms with van der Waals surface area (Å²) in [6, 6.07) is 25.8. The van der Waals surface area contributed by atoms with E-state index in [1.54, 1.807) is 0 Å². The molecule has 0 saturated heterocycles. The lowest BCUT2D eigenvalue weighted by Crippen LogP contribution is -2.47. The number of nitrogens with one attached hydrogen (secondary N) is 1. The van der Waals surface area contributed by atoms with Gasteiger partial charge in [0.1, 0.15) is 6.04 Å². The van der Waals surface area contributed by atoms with Crippen molar-refractivity contribution in [3.8, 4) is 0 Å². The van der Waals surface area contributed by atoms with Crippen molar-refractivity contribution in [1.29, 1.82) is 0 Å². The van der Waals surface area contributed by atoms with Gasteiger partial charge in [0.2, 0.25) is 11.8 Å². The molecule has 0 aliphatic rings. The van der Waals surface area contributed by atoms with Crippen LogP contribution in [0.4, 0.5) is 0 Å². The van der Waals surface area contributed by atoms with Gasteiger partial charge in [-0.2, -0.15) is 0 Å². The van der Waals surface area contributed by atoms with Crippen LogP contribution in [0.5, 0.6) is 0 Å². The molecule has 28 heavy (non-hydrogen) atoms. The largest absolute Gasteiger partial charge is 0.368 e. The number of benzene rings is 3. The highest BCUT2D eigenvalue weighted by atomic mass is 79.9. The van der Waals surface area contributed by atoms with Crippen molar-refractivity contribution in [2.45, 2.75) is 18.4 Å². The third-order valence-corrected chi connectivity index (χ3v) is 5.01. The fourth-order valence-electron chi connectivity index (χ4n) is 3.16. The maximum Gasteiger partial charge on any atom is 0.240 e. The SMILES string of the molecule is NC(=O)[C@@H](Cc1cccc(Br)c1)NC(=O)C(c1ccccc1)c1ccccc1. The third kappa shape index (κ3) is 5.08. The molecule has 0 radical (unpaired) electrons. The Morgan fingerprint density at radius 2 is 1.43 bits per heavy atom. The van der Waals surface area contributed by atoms with Gasteiger partial charge in [-0.3, -0.25) is 9.59 Å². The van der Waals surface area contributed by atoms with E-state index in [9.17, 15) is 9.59 Å². The highest BCUT2D eigenvalue weighted by Gasteiger charge is 2.27. The van der Waals surface area contributed by atoms with Crippen molar-refractivity contribution < 1.29 is 9.59 Å². The smallest absolute Gasteiger partial charge is 0.240 e. The molecule has 3 aromatic rings. The molecule has 5 heteroatoms. The van der Waals surface area contributed by atoms with E-state index in [2.05, 4.69) is 21.2 Å². The summed E-state index contributed by atoms with van der Waals surface area (Å²) in [5.41, 5.74) is 8.21. The Balaban J connectivity index is 1.86. The molecule has 0 bridgehead atoms. The van der Waals surface area contributed by atoms with Gasteiger partial charge >= 0.3 is 0 Å². The topological polar surface area (TPSA) is 72.2 Å². The van der Waals surface area contributed by atoms with Crippen LogP contribution in [0, 0.1) is 0 Å². The Hall–Kier alpha value is -2.92. The van der Waals surface area contributed by atoms with Crippen LogP contribution < -0.4 is 11.1 Å². The van der Waals surface area contributed by atoms with Gasteiger partial charge in [0.15, 0.2) is 0 Å². The van der Waals surface area contributed by atoms with E-state index in [1.165, 1.54) is 0 Å². The summed E-state index contributed by atoms with van der Waals surface area (Å²) < 4.78 is 0.908. The fraction of sp³-hybridized carbons (Fsp3) is 0.130. The molecule has 3 aromatic carbocycles. The number of primary amides is 1. The molecule has 0 aliphatic heterocycles. The highest BCUT2D eigenvalue weighted by Crippen LogP contribution is 2.25. The van der Waals surface area contributed by atoms with Crippen molar-refractivity contribution in [3.05, 3.63) is 106 Å². The van der Waals surface area contributed by atoms with Gasteiger partial charge in [0.25, 0.3) is 0 Å². The Morgan fingerprint density at radius 3 is 1.93 bits per heavy atom. The summed E-state index contributed by atoms with van der Waals surface area (Å²) >= 11 is 3.42. The number of rotatable bonds is 7. The van der Waals surface area contributed by atoms with Crippen LogP contribution in [-0.2, 0) is 16.0 Å². The molecular weight excluding hydrogens is 416 g/mol. The van der Waals surface area contributed by atoms with Crippen molar-refractivity contribution >= 4 is 27.7 Å². The number of nitrogens with two attached hydrogens (primary N) is 1. The van der Waals surface area contributed by atoms with E-state index in [-0.39, 0.29) is 5.91 Å². The van der Waals surface area contributed by atoms with Crippen LogP contribution in [0.3, 0.4) is 0 Å². The molecular formula is C23H21BrN2O2. The lowest BCUT2D eigenvalue weighted by Gasteiger charge is -2.22. The zero-order chi connectivity index (χ0) is 19.9. The predicted molar refractivity (Wildman–Crippen MR) is 114 cm³/mol. The second kappa shape index (κ2) is 9.33. The molecule has 0 spiro atoms. The van der Waals surface area contributed by atoms with Crippen LogP contribution in [0.15, 0.2) is 89.4 Å². The maximum absolute atomic E-state index is 13.2. The first-order chi connectivity index (χ1) is 13.5. The monoisotopic (exact) mass is 436 g/mol. The Morgan fingerprint density at radius 1 is 0.857 bits per heavy atom. The maximum atomic E-state index is 13.2. The van der Waals surface area contributed by atoms with E-state index < -0.39 is 17.9 Å². The Kier molecular flexibility index (Phi) is 6.61. The van der Waals surface area contributed by atoms with Crippen molar-refractivity contribution in [2.24, 2.45) is 5.73 Å². The van der Waals surface area contributed by atoms with Gasteiger partial charge in [-0.15, -0.1) is 0 Å². The number of halogens is 1. The lowest BCUT2D eigenvalue weighted by atomic mass is 9.90. The number of hydrogen-bond acceptors (Lipinski definition) is 2. The number of hydrogen-bond donors (Lipinski definition) is 2. The molecule has 0 heterocycles. The van der Waals surface area contributed by atoms with Gasteiger partial charge in [0.05, 0.1) is 5.92 Å². The first kappa shape index (κ1) is 19.8. The fourth-order valence-corrected chi connectivity index (χ4v) is 3.61. The number of amides is 2. The average molecular weight is 437 g/mol. The van der Waals surface area contributed by atoms with E-state index in [4.69, 9.17) is 5.73 Å². The average Bonchev–Trinajstić information content (AvgIpc) is 2.69. The molecule has 0 unspecified atom stereocenters. The lowest BCUT2D eigenvalue weighted by molar-refractivity contribution is -0.127. The molecule has 0 aliphatic carbocycles. The zero-order valence-electron chi connectivity index (χ0n) is 15.2. The quantitative estimate of drug-likeness (QED) is 0.591. The number of carbonyl (C=O) groups is 2. The number of carbonyl (C=O) groups excluding carboxylic acids is 2. The standard InChI is InChI=1S/C23H21BrN2O2/c24-19-13-7-8-16(14-19)15-20(22(25)27)26-23(28)21(17-9-3-1-4-10-17)18-11-5-2-6-12-18/h1-14,20-21H,15H2,(H2,25,27)(H,26,28)/t20-/m1/s1. The van der Waals surface area contributed by atoms with Gasteiger partial charge < -0.3 is 11.1 Å². The predicted octanol–water partition coefficient (Wildman–Crippen LogP) is 3.79. The Labute approximate surface area is 172 Å². The first-order valence-corrected chi connectivity index (χ1v) is 9.78. The van der Waals surface area contributed by atoms with Crippen molar-refractivity contribution in [1.82, 2.24) is 5.32 Å². The summed E-state index contributed by atoms with van der Waals surface area (Å²) in [6.45, 7) is 0. The summed E-state index contributed by atoms with van der Waals surface area (Å²) in [5.74, 6) is -1.34. The summed E-state index contributed by atoms with van der Waals surface area (Å²) in [5, 5.41) is 2.85. The molecule has 4 nitrogen and oxygen atoms in total. The Bertz CT molecular complexity index is 906. The normalized spacial score (nSPS) is 11.8. The molecule has 0 saturated carbocycles. The molecule has 142 valence electrons. The van der Waals surface area contributed by atoms with Gasteiger partial charge in [0, 0.05) is 10.9 Å². The van der Waals surface area contributed by atoms with Crippen LogP contribution in [0.25, 0.3) is 0 Å². The third-order valence-electron chi connectivity index (χ3n) is 4.52. The van der Waals surface area contributed by atoms with Crippen molar-refractivity contribution in [2.75, 3.05) is 0 Å². The van der Waals surface area contributed by atoms with Gasteiger partial charge in [-0.1, -0.05) is 88.7 Å². The zero-order valence-corrected chi connectivity index (χ0v) is 16.8. The minimum atomic E-state index is -0.795. The molecule has 1 atom stereocenters. The second-order valence-electron chi connectivity index (χ2n) is 6.55. The second-order valence-corrected chi connectivity index (χ2v) is 7.47. The highest BCUT2D eigenvalue weighted by molar-refractivity contribution is 9.10. The summed E-state index contributed by atoms with van der Waals surface area (Å²) in [6.07, 6.45) is 0.330. The molecule has 3 rings (SSSR count). The van der Waals surface area contributed by atoms with Gasteiger partial charge in [-0.05, 0) is 28.8 Å². The van der Waals surface area contributed by atoms with Crippen LogP contribution in [-0.4, -0.2) is 17.9 Å². The molecule has 3 N–H and O–H groups in total. The minimum Gasteiger partial charge on any atom is -0.368 e. The summed E-state index contributed by atoms with van der Waals surface area (Å²) in [4.78, 5) is 25.2. The molecule has 0 fully saturated rings. The first-order valence-electron chi connectivity index (χ1n) is 8.98. The van der Waals surface area contributed by atoms with E-state index >= 15 is 0 Å². The molecule has 0 aromatic heterocycles. The van der Waals surface area contributed by atoms with Crippen LogP contribution in [0.2, 0.25) is 0 Å². The minimum absolute atomic E-state index is 0.254. The van der Waals surface area contributed by atoms with Crippen LogP contribution in [0.1, 0.15) is 22.6 Å². The van der Waals surface area contributed by atoms with E-state index in [1.807, 2.05) is 84.9 Å². The van der Waals surface area contributed by atoms with E-state index in [0.29, 0.717) is 6.42 Å². The summed E-state index contributed by atoms with van der Waals surface area (Å²) in [7, 11) is 0.